The summed E-state index contributed by atoms with van der Waals surface area (Å²) in [7, 11) is 1.58. The number of fused-ring (bicyclic) bond motifs is 1. The average molecular weight is 405 g/mol. The summed E-state index contributed by atoms with van der Waals surface area (Å²) in [6, 6.07) is 13.6. The van der Waals surface area contributed by atoms with Crippen LogP contribution in [0.1, 0.15) is 0 Å². The van der Waals surface area contributed by atoms with E-state index < -0.39 is 0 Å². The number of para-hydroxylation sites is 2. The fourth-order valence-electron chi connectivity index (χ4n) is 2.19. The molecule has 0 aliphatic carbocycles. The monoisotopic (exact) mass is 405 g/mol. The maximum Gasteiger partial charge on any atom is 0.176 e. The van der Waals surface area contributed by atoms with E-state index in [0.717, 1.165) is 26.0 Å². The van der Waals surface area contributed by atoms with Crippen molar-refractivity contribution in [1.82, 2.24) is 9.97 Å². The molecule has 3 rings (SSSR count). The Morgan fingerprint density at radius 3 is 2.86 bits per heavy atom. The van der Waals surface area contributed by atoms with E-state index in [0.29, 0.717) is 11.5 Å². The first-order valence-electron chi connectivity index (χ1n) is 6.55. The molecule has 0 bridgehead atoms. The van der Waals surface area contributed by atoms with Gasteiger partial charge in [0.1, 0.15) is 11.9 Å². The summed E-state index contributed by atoms with van der Waals surface area (Å²) in [4.78, 5) is 7.87. The topological polar surface area (TPSA) is 70.9 Å². The normalized spacial score (nSPS) is 10.4. The van der Waals surface area contributed by atoms with Crippen molar-refractivity contribution in [1.29, 1.82) is 5.26 Å². The number of halogens is 1. The van der Waals surface area contributed by atoms with Crippen LogP contribution < -0.4 is 9.47 Å². The molecule has 1 aromatic heterocycles. The lowest BCUT2D eigenvalue weighted by molar-refractivity contribution is 0.327. The van der Waals surface area contributed by atoms with Crippen LogP contribution in [0.2, 0.25) is 0 Å². The highest BCUT2D eigenvalue weighted by molar-refractivity contribution is 14.1. The molecule has 22 heavy (non-hydrogen) atoms. The van der Waals surface area contributed by atoms with Crippen LogP contribution in [0.4, 0.5) is 0 Å². The van der Waals surface area contributed by atoms with E-state index in [9.17, 15) is 0 Å². The van der Waals surface area contributed by atoms with E-state index in [4.69, 9.17) is 14.7 Å². The zero-order chi connectivity index (χ0) is 15.5. The molecule has 0 amide bonds. The average Bonchev–Trinajstić information content (AvgIpc) is 2.97. The number of benzene rings is 2. The number of aromatic amines is 1. The first-order chi connectivity index (χ1) is 10.7. The lowest BCUT2D eigenvalue weighted by Crippen LogP contribution is -1.99. The number of nitriles is 1. The quantitative estimate of drug-likeness (QED) is 0.672. The number of nitrogens with one attached hydrogen (secondary N) is 1. The van der Waals surface area contributed by atoms with Gasteiger partial charge < -0.3 is 14.5 Å². The van der Waals surface area contributed by atoms with Crippen molar-refractivity contribution in [3.8, 4) is 29.0 Å². The molecule has 5 nitrogen and oxygen atoms in total. The second-order valence-electron chi connectivity index (χ2n) is 4.54. The van der Waals surface area contributed by atoms with Crippen molar-refractivity contribution in [2.75, 3.05) is 13.7 Å². The number of H-pyrrole nitrogens is 1. The highest BCUT2D eigenvalue weighted by atomic mass is 127. The lowest BCUT2D eigenvalue weighted by Gasteiger charge is -2.12. The number of hydrogen-bond donors (Lipinski definition) is 1. The van der Waals surface area contributed by atoms with E-state index in [-0.39, 0.29) is 6.61 Å². The number of nitrogens with zero attached hydrogens (tertiary/aromatic N) is 2. The summed E-state index contributed by atoms with van der Waals surface area (Å²) in [6.45, 7) is -0.0175. The van der Waals surface area contributed by atoms with Gasteiger partial charge in [-0.2, -0.15) is 5.26 Å². The minimum atomic E-state index is -0.0175. The van der Waals surface area contributed by atoms with Crippen molar-refractivity contribution in [2.24, 2.45) is 0 Å². The fraction of sp³-hybridized carbons (Fsp3) is 0.125. The van der Waals surface area contributed by atoms with Gasteiger partial charge in [0, 0.05) is 5.56 Å². The number of imidazole rings is 1. The zero-order valence-corrected chi connectivity index (χ0v) is 13.9. The molecule has 0 aliphatic rings. The zero-order valence-electron chi connectivity index (χ0n) is 11.8. The smallest absolute Gasteiger partial charge is 0.176 e. The Morgan fingerprint density at radius 1 is 1.32 bits per heavy atom. The maximum atomic E-state index is 8.66. The van der Waals surface area contributed by atoms with Crippen LogP contribution in [-0.2, 0) is 0 Å². The number of aromatic nitrogens is 2. The van der Waals surface area contributed by atoms with Crippen LogP contribution in [0.5, 0.6) is 11.5 Å². The fourth-order valence-corrected chi connectivity index (χ4v) is 2.95. The van der Waals surface area contributed by atoms with Gasteiger partial charge in [0.15, 0.2) is 18.1 Å². The van der Waals surface area contributed by atoms with Crippen molar-refractivity contribution < 1.29 is 9.47 Å². The molecule has 0 aliphatic heterocycles. The molecular weight excluding hydrogens is 393 g/mol. The Labute approximate surface area is 141 Å². The van der Waals surface area contributed by atoms with Gasteiger partial charge in [-0.05, 0) is 46.9 Å². The molecule has 0 atom stereocenters. The Balaban J connectivity index is 2.07. The highest BCUT2D eigenvalue weighted by Crippen LogP contribution is 2.37. The molecule has 110 valence electrons. The van der Waals surface area contributed by atoms with Crippen molar-refractivity contribution in [3.63, 3.8) is 0 Å². The number of methoxy groups -OCH3 is 1. The first kappa shape index (κ1) is 14.7. The molecule has 6 heteroatoms. The Kier molecular flexibility index (Phi) is 4.15. The molecule has 1 N–H and O–H groups in total. The van der Waals surface area contributed by atoms with Gasteiger partial charge in [-0.25, -0.2) is 4.98 Å². The summed E-state index contributed by atoms with van der Waals surface area (Å²) in [6.07, 6.45) is 0. The van der Waals surface area contributed by atoms with Crippen molar-refractivity contribution in [2.45, 2.75) is 0 Å². The number of rotatable bonds is 4. The van der Waals surface area contributed by atoms with Gasteiger partial charge in [-0.1, -0.05) is 12.1 Å². The van der Waals surface area contributed by atoms with Gasteiger partial charge in [0.05, 0.1) is 21.7 Å². The van der Waals surface area contributed by atoms with Gasteiger partial charge in [-0.3, -0.25) is 0 Å². The van der Waals surface area contributed by atoms with Crippen LogP contribution in [0.25, 0.3) is 22.4 Å². The molecule has 2 aromatic carbocycles. The van der Waals surface area contributed by atoms with E-state index in [1.54, 1.807) is 7.11 Å². The molecular formula is C16H12IN3O2. The third-order valence-corrected chi connectivity index (χ3v) is 3.97. The van der Waals surface area contributed by atoms with Gasteiger partial charge in [-0.15, -0.1) is 0 Å². The van der Waals surface area contributed by atoms with Gasteiger partial charge in [0.2, 0.25) is 0 Å². The largest absolute Gasteiger partial charge is 0.493 e. The van der Waals surface area contributed by atoms with E-state index >= 15 is 0 Å². The van der Waals surface area contributed by atoms with Crippen LogP contribution in [0.3, 0.4) is 0 Å². The third-order valence-electron chi connectivity index (χ3n) is 3.17. The first-order valence-corrected chi connectivity index (χ1v) is 7.63. The summed E-state index contributed by atoms with van der Waals surface area (Å²) in [5.41, 5.74) is 2.80. The molecule has 3 aromatic rings. The Morgan fingerprint density at radius 2 is 2.14 bits per heavy atom. The highest BCUT2D eigenvalue weighted by Gasteiger charge is 2.14. The van der Waals surface area contributed by atoms with Crippen LogP contribution in [0, 0.1) is 14.9 Å². The standard InChI is InChI=1S/C16H12IN3O2/c1-21-14-9-10(8-11(17)15(14)22-7-6-18)16-19-12-4-2-3-5-13(12)20-16/h2-5,8-9H,7H2,1H3,(H,19,20). The summed E-state index contributed by atoms with van der Waals surface area (Å²) >= 11 is 2.16. The van der Waals surface area contributed by atoms with Crippen molar-refractivity contribution in [3.05, 3.63) is 40.0 Å². The lowest BCUT2D eigenvalue weighted by atomic mass is 10.2. The van der Waals surface area contributed by atoms with E-state index in [1.807, 2.05) is 42.5 Å². The molecule has 0 saturated carbocycles. The molecule has 0 fully saturated rings. The molecule has 0 radical (unpaired) electrons. The summed E-state index contributed by atoms with van der Waals surface area (Å²) < 4.78 is 11.7. The molecule has 0 spiro atoms. The van der Waals surface area contributed by atoms with Crippen molar-refractivity contribution >= 4 is 33.6 Å². The minimum Gasteiger partial charge on any atom is -0.493 e. The van der Waals surface area contributed by atoms with Crippen LogP contribution >= 0.6 is 22.6 Å². The predicted molar refractivity (Wildman–Crippen MR) is 91.9 cm³/mol. The van der Waals surface area contributed by atoms with Gasteiger partial charge in [0.25, 0.3) is 0 Å². The third kappa shape index (κ3) is 2.72. The molecule has 0 unspecified atom stereocenters. The second kappa shape index (κ2) is 6.23. The predicted octanol–water partition coefficient (Wildman–Crippen LogP) is 3.75. The molecule has 0 saturated heterocycles. The van der Waals surface area contributed by atoms with Crippen LogP contribution in [-0.4, -0.2) is 23.7 Å². The van der Waals surface area contributed by atoms with E-state index in [1.165, 1.54) is 0 Å². The Hall–Kier alpha value is -2.27. The number of hydrogen-bond acceptors (Lipinski definition) is 4. The molecule has 1 heterocycles. The summed E-state index contributed by atoms with van der Waals surface area (Å²) in [5, 5.41) is 8.66. The van der Waals surface area contributed by atoms with Gasteiger partial charge >= 0.3 is 0 Å². The maximum absolute atomic E-state index is 8.66. The SMILES string of the molecule is COc1cc(-c2nc3ccccc3[nH]2)cc(I)c1OCC#N. The van der Waals surface area contributed by atoms with Crippen LogP contribution in [0.15, 0.2) is 36.4 Å². The number of ether oxygens (including phenoxy) is 2. The minimum absolute atomic E-state index is 0.0175. The Bertz CT molecular complexity index is 834. The summed E-state index contributed by atoms with van der Waals surface area (Å²) in [5.74, 6) is 1.92. The second-order valence-corrected chi connectivity index (χ2v) is 5.70. The van der Waals surface area contributed by atoms with E-state index in [2.05, 4.69) is 32.6 Å².